The van der Waals surface area contributed by atoms with E-state index < -0.39 is 5.97 Å². The Morgan fingerprint density at radius 3 is 2.38 bits per heavy atom. The van der Waals surface area contributed by atoms with Gasteiger partial charge in [-0.15, -0.1) is 0 Å². The summed E-state index contributed by atoms with van der Waals surface area (Å²) in [4.78, 5) is 27.6. The number of aliphatic carboxylic acids is 1. The smallest absolute Gasteiger partial charge is 0.317 e. The minimum Gasteiger partial charge on any atom is -0.481 e. The van der Waals surface area contributed by atoms with Gasteiger partial charge in [0, 0.05) is 49.9 Å². The van der Waals surface area contributed by atoms with Gasteiger partial charge in [-0.05, 0) is 38.5 Å². The second kappa shape index (κ2) is 7.17. The maximum atomic E-state index is 12.5. The van der Waals surface area contributed by atoms with E-state index in [1.165, 1.54) is 18.5 Å². The number of aromatic amines is 1. The molecule has 0 unspecified atom stereocenters. The molecule has 2 heterocycles. The molecule has 2 aliphatic carbocycles. The number of carboxylic acids is 1. The number of nitrogens with one attached hydrogen (secondary N) is 2. The number of carboxylic acid groups (broad SMARTS) is 1. The highest BCUT2D eigenvalue weighted by atomic mass is 16.4. The molecule has 3 N–H and O–H groups in total. The van der Waals surface area contributed by atoms with Crippen LogP contribution in [0.5, 0.6) is 0 Å². The molecule has 8 heteroatoms. The van der Waals surface area contributed by atoms with E-state index in [0.717, 1.165) is 31.7 Å². The van der Waals surface area contributed by atoms with E-state index in [-0.39, 0.29) is 18.0 Å². The lowest BCUT2D eigenvalue weighted by Gasteiger charge is -2.36. The molecule has 142 valence electrons. The minimum atomic E-state index is -0.714. The van der Waals surface area contributed by atoms with Crippen molar-refractivity contribution in [2.45, 2.75) is 50.5 Å². The van der Waals surface area contributed by atoms with E-state index in [1.807, 2.05) is 4.90 Å². The van der Waals surface area contributed by atoms with Crippen LogP contribution < -0.4 is 10.2 Å². The summed E-state index contributed by atoms with van der Waals surface area (Å²) < 4.78 is 0. The molecule has 2 amide bonds. The number of urea groups is 1. The van der Waals surface area contributed by atoms with Crippen LogP contribution in [0.2, 0.25) is 0 Å². The second-order valence-corrected chi connectivity index (χ2v) is 7.77. The summed E-state index contributed by atoms with van der Waals surface area (Å²) in [6, 6.07) is 2.22. The fourth-order valence-electron chi connectivity index (χ4n) is 3.98. The van der Waals surface area contributed by atoms with Gasteiger partial charge in [0.2, 0.25) is 0 Å². The number of anilines is 1. The highest BCUT2D eigenvalue weighted by Crippen LogP contribution is 2.39. The normalized spacial score (nSPS) is 26.6. The number of nitrogens with zero attached hydrogens (tertiary/aromatic N) is 3. The Bertz CT molecular complexity index is 656. The van der Waals surface area contributed by atoms with Crippen molar-refractivity contribution in [2.75, 3.05) is 31.1 Å². The van der Waals surface area contributed by atoms with Crippen LogP contribution in [0, 0.1) is 5.92 Å². The number of piperazine rings is 1. The molecular formula is C18H27N5O3. The summed E-state index contributed by atoms with van der Waals surface area (Å²) in [6.07, 6.45) is 5.31. The van der Waals surface area contributed by atoms with E-state index >= 15 is 0 Å². The summed E-state index contributed by atoms with van der Waals surface area (Å²) >= 11 is 0. The van der Waals surface area contributed by atoms with Crippen LogP contribution in [-0.4, -0.2) is 64.4 Å². The van der Waals surface area contributed by atoms with Gasteiger partial charge >= 0.3 is 12.0 Å². The van der Waals surface area contributed by atoms with Crippen molar-refractivity contribution >= 4 is 17.8 Å². The van der Waals surface area contributed by atoms with Gasteiger partial charge in [0.15, 0.2) is 5.82 Å². The topological polar surface area (TPSA) is 102 Å². The zero-order chi connectivity index (χ0) is 18.1. The van der Waals surface area contributed by atoms with E-state index in [0.29, 0.717) is 31.8 Å². The molecule has 0 bridgehead atoms. The van der Waals surface area contributed by atoms with Crippen molar-refractivity contribution in [1.29, 1.82) is 0 Å². The van der Waals surface area contributed by atoms with Crippen LogP contribution >= 0.6 is 0 Å². The van der Waals surface area contributed by atoms with Gasteiger partial charge in [-0.1, -0.05) is 0 Å². The summed E-state index contributed by atoms with van der Waals surface area (Å²) in [5.74, 6) is 0.689. The monoisotopic (exact) mass is 361 g/mol. The Morgan fingerprint density at radius 1 is 1.08 bits per heavy atom. The highest BCUT2D eigenvalue weighted by Gasteiger charge is 2.30. The zero-order valence-electron chi connectivity index (χ0n) is 15.0. The van der Waals surface area contributed by atoms with Gasteiger partial charge in [-0.25, -0.2) is 4.79 Å². The minimum absolute atomic E-state index is 0.0240. The fraction of sp³-hybridized carbons (Fsp3) is 0.722. The number of aromatic nitrogens is 2. The number of hydrogen-bond donors (Lipinski definition) is 3. The summed E-state index contributed by atoms with van der Waals surface area (Å²) in [7, 11) is 0. The number of amides is 2. The Labute approximate surface area is 152 Å². The van der Waals surface area contributed by atoms with Crippen LogP contribution in [0.1, 0.15) is 50.1 Å². The molecule has 1 aromatic heterocycles. The molecule has 0 spiro atoms. The van der Waals surface area contributed by atoms with Crippen LogP contribution in [0.4, 0.5) is 10.6 Å². The lowest BCUT2D eigenvalue weighted by atomic mass is 9.86. The van der Waals surface area contributed by atoms with Gasteiger partial charge in [-0.3, -0.25) is 9.89 Å². The first-order chi connectivity index (χ1) is 12.6. The first kappa shape index (κ1) is 17.2. The van der Waals surface area contributed by atoms with Gasteiger partial charge in [0.05, 0.1) is 5.92 Å². The van der Waals surface area contributed by atoms with Crippen molar-refractivity contribution < 1.29 is 14.7 Å². The molecule has 0 radical (unpaired) electrons. The van der Waals surface area contributed by atoms with Gasteiger partial charge in [0.1, 0.15) is 0 Å². The number of carbonyl (C=O) groups is 2. The lowest BCUT2D eigenvalue weighted by Crippen LogP contribution is -2.54. The third-order valence-corrected chi connectivity index (χ3v) is 5.90. The second-order valence-electron chi connectivity index (χ2n) is 7.77. The van der Waals surface area contributed by atoms with Gasteiger partial charge in [-0.2, -0.15) is 5.10 Å². The Morgan fingerprint density at radius 2 is 1.77 bits per heavy atom. The standard InChI is InChI=1S/C18H27N5O3/c24-17(25)13-3-5-14(6-4-13)19-18(26)23-9-7-22(8-10-23)16-11-15(20-21-16)12-1-2-12/h11-14H,1-10H2,(H,19,26)(H,20,21)(H,24,25). The lowest BCUT2D eigenvalue weighted by molar-refractivity contribution is -0.142. The SMILES string of the molecule is O=C(O)C1CCC(NC(=O)N2CCN(c3cc(C4CC4)[nH]n3)CC2)CC1. The number of H-pyrrole nitrogens is 1. The largest absolute Gasteiger partial charge is 0.481 e. The molecule has 3 fully saturated rings. The van der Waals surface area contributed by atoms with Crippen molar-refractivity contribution in [1.82, 2.24) is 20.4 Å². The van der Waals surface area contributed by atoms with Gasteiger partial charge < -0.3 is 20.2 Å². The summed E-state index contributed by atoms with van der Waals surface area (Å²) in [5.41, 5.74) is 1.23. The fourth-order valence-corrected chi connectivity index (χ4v) is 3.98. The third-order valence-electron chi connectivity index (χ3n) is 5.90. The Kier molecular flexibility index (Phi) is 4.74. The molecule has 2 saturated carbocycles. The average Bonchev–Trinajstić information content (AvgIpc) is 3.39. The zero-order valence-corrected chi connectivity index (χ0v) is 15.0. The maximum Gasteiger partial charge on any atom is 0.317 e. The molecule has 0 aromatic carbocycles. The first-order valence-electron chi connectivity index (χ1n) is 9.68. The van der Waals surface area contributed by atoms with Crippen molar-refractivity contribution in [3.63, 3.8) is 0 Å². The summed E-state index contributed by atoms with van der Waals surface area (Å²) in [5, 5.41) is 19.7. The van der Waals surface area contributed by atoms with E-state index in [4.69, 9.17) is 5.11 Å². The molecule has 3 aliphatic rings. The number of hydrogen-bond acceptors (Lipinski definition) is 4. The third kappa shape index (κ3) is 3.78. The predicted octanol–water partition coefficient (Wildman–Crippen LogP) is 1.76. The van der Waals surface area contributed by atoms with Crippen molar-refractivity contribution in [3.8, 4) is 0 Å². The quantitative estimate of drug-likeness (QED) is 0.758. The maximum absolute atomic E-state index is 12.5. The molecule has 1 aromatic rings. The van der Waals surface area contributed by atoms with Crippen LogP contribution in [0.25, 0.3) is 0 Å². The van der Waals surface area contributed by atoms with Gasteiger partial charge in [0.25, 0.3) is 0 Å². The number of rotatable bonds is 4. The average molecular weight is 361 g/mol. The van der Waals surface area contributed by atoms with Crippen LogP contribution in [0.3, 0.4) is 0 Å². The number of carbonyl (C=O) groups excluding carboxylic acids is 1. The molecular weight excluding hydrogens is 334 g/mol. The molecule has 26 heavy (non-hydrogen) atoms. The molecule has 0 atom stereocenters. The van der Waals surface area contributed by atoms with Crippen LogP contribution in [0.15, 0.2) is 6.07 Å². The molecule has 1 saturated heterocycles. The predicted molar refractivity (Wildman–Crippen MR) is 96.3 cm³/mol. The Hall–Kier alpha value is -2.25. The molecule has 4 rings (SSSR count). The van der Waals surface area contributed by atoms with E-state index in [1.54, 1.807) is 0 Å². The molecule has 8 nitrogen and oxygen atoms in total. The van der Waals surface area contributed by atoms with E-state index in [9.17, 15) is 9.59 Å². The molecule has 1 aliphatic heterocycles. The van der Waals surface area contributed by atoms with Crippen molar-refractivity contribution in [3.05, 3.63) is 11.8 Å². The first-order valence-corrected chi connectivity index (χ1v) is 9.68. The summed E-state index contributed by atoms with van der Waals surface area (Å²) in [6.45, 7) is 2.94. The van der Waals surface area contributed by atoms with Crippen molar-refractivity contribution in [2.24, 2.45) is 5.92 Å². The Balaban J connectivity index is 1.22. The van der Waals surface area contributed by atoms with E-state index in [2.05, 4.69) is 26.5 Å². The highest BCUT2D eigenvalue weighted by molar-refractivity contribution is 5.75. The van der Waals surface area contributed by atoms with Crippen LogP contribution in [-0.2, 0) is 4.79 Å².